The molecular formula is C27H32N10O2. The predicted molar refractivity (Wildman–Crippen MR) is 147 cm³/mol. The summed E-state index contributed by atoms with van der Waals surface area (Å²) < 4.78 is 7.75. The van der Waals surface area contributed by atoms with Crippen LogP contribution in [0.4, 0.5) is 5.82 Å². The van der Waals surface area contributed by atoms with E-state index in [0.29, 0.717) is 49.8 Å². The number of rotatable bonds is 6. The number of hydrogen-bond acceptors (Lipinski definition) is 10. The standard InChI is InChI=1S/C27H32N10O2/c1-16-6-7-21-20(13-30-34-21)24(16)37-17(2)31-22-23(26(37)38)32-27(39-15-19-5-4-11-35(19)3)33-25(22)36-12-10-29-18(14-36)8-9-28/h6-7,13,18-19,29H,4-5,8,10-12,14-15H2,1-3H3,(H,30,34)/t18-,19-/m0/s1. The molecule has 2 saturated heterocycles. The van der Waals surface area contributed by atoms with Crippen LogP contribution < -0.4 is 20.5 Å². The van der Waals surface area contributed by atoms with E-state index in [1.54, 1.807) is 10.8 Å². The molecule has 0 unspecified atom stereocenters. The first-order valence-electron chi connectivity index (χ1n) is 13.4. The first-order chi connectivity index (χ1) is 18.9. The largest absolute Gasteiger partial charge is 0.462 e. The second-order valence-corrected chi connectivity index (χ2v) is 10.4. The first-order valence-corrected chi connectivity index (χ1v) is 13.4. The molecule has 3 aromatic heterocycles. The Morgan fingerprint density at radius 2 is 2.05 bits per heavy atom. The molecule has 0 saturated carbocycles. The van der Waals surface area contributed by atoms with Crippen LogP contribution in [-0.2, 0) is 0 Å². The Bertz CT molecular complexity index is 1640. The third kappa shape index (κ3) is 4.57. The van der Waals surface area contributed by atoms with E-state index < -0.39 is 0 Å². The predicted octanol–water partition coefficient (Wildman–Crippen LogP) is 1.83. The van der Waals surface area contributed by atoms with Gasteiger partial charge in [-0.15, -0.1) is 0 Å². The van der Waals surface area contributed by atoms with Gasteiger partial charge in [0.25, 0.3) is 5.56 Å². The fraction of sp³-hybridized carbons (Fsp3) is 0.481. The smallest absolute Gasteiger partial charge is 0.319 e. The lowest BCUT2D eigenvalue weighted by molar-refractivity contribution is 0.188. The lowest BCUT2D eigenvalue weighted by atomic mass is 10.1. The minimum absolute atomic E-state index is 0.00641. The average molecular weight is 529 g/mol. The molecule has 0 bridgehead atoms. The number of likely N-dealkylation sites (tertiary alicyclic amines) is 1. The number of anilines is 1. The van der Waals surface area contributed by atoms with Gasteiger partial charge >= 0.3 is 6.01 Å². The molecule has 2 aliphatic rings. The second-order valence-electron chi connectivity index (χ2n) is 10.4. The Balaban J connectivity index is 1.51. The highest BCUT2D eigenvalue weighted by atomic mass is 16.5. The summed E-state index contributed by atoms with van der Waals surface area (Å²) in [5.41, 5.74) is 2.84. The number of H-pyrrole nitrogens is 1. The molecule has 39 heavy (non-hydrogen) atoms. The van der Waals surface area contributed by atoms with Crippen molar-refractivity contribution in [2.45, 2.75) is 45.2 Å². The van der Waals surface area contributed by atoms with Crippen molar-refractivity contribution in [2.75, 3.05) is 44.7 Å². The summed E-state index contributed by atoms with van der Waals surface area (Å²) in [4.78, 5) is 32.9. The van der Waals surface area contributed by atoms with Crippen molar-refractivity contribution in [3.63, 3.8) is 0 Å². The number of nitrogens with one attached hydrogen (secondary N) is 2. The van der Waals surface area contributed by atoms with E-state index >= 15 is 0 Å². The van der Waals surface area contributed by atoms with E-state index in [1.807, 2.05) is 26.0 Å². The zero-order valence-corrected chi connectivity index (χ0v) is 22.4. The van der Waals surface area contributed by atoms with Gasteiger partial charge in [0.2, 0.25) is 0 Å². The van der Waals surface area contributed by atoms with Gasteiger partial charge < -0.3 is 19.9 Å². The number of benzene rings is 1. The van der Waals surface area contributed by atoms with Crippen LogP contribution >= 0.6 is 0 Å². The zero-order valence-electron chi connectivity index (χ0n) is 22.4. The van der Waals surface area contributed by atoms with Gasteiger partial charge in [-0.2, -0.15) is 20.3 Å². The molecule has 6 rings (SSSR count). The maximum atomic E-state index is 14.2. The molecule has 202 valence electrons. The zero-order chi connectivity index (χ0) is 27.1. The minimum Gasteiger partial charge on any atom is -0.462 e. The normalized spacial score (nSPS) is 20.1. The molecule has 5 heterocycles. The van der Waals surface area contributed by atoms with Crippen molar-refractivity contribution in [3.05, 3.63) is 40.1 Å². The molecule has 2 aliphatic heterocycles. The molecule has 0 aliphatic carbocycles. The van der Waals surface area contributed by atoms with Crippen LogP contribution in [0.15, 0.2) is 23.1 Å². The summed E-state index contributed by atoms with van der Waals surface area (Å²) in [6.07, 6.45) is 4.28. The van der Waals surface area contributed by atoms with Gasteiger partial charge in [0.1, 0.15) is 17.9 Å². The van der Waals surface area contributed by atoms with Crippen molar-refractivity contribution in [1.29, 1.82) is 5.26 Å². The summed E-state index contributed by atoms with van der Waals surface area (Å²) in [6, 6.07) is 6.59. The Labute approximate surface area is 225 Å². The van der Waals surface area contributed by atoms with Gasteiger partial charge in [-0.3, -0.25) is 14.5 Å². The highest BCUT2D eigenvalue weighted by molar-refractivity contribution is 5.90. The van der Waals surface area contributed by atoms with Gasteiger partial charge in [0, 0.05) is 37.1 Å². The Morgan fingerprint density at radius 3 is 2.85 bits per heavy atom. The average Bonchev–Trinajstić information content (AvgIpc) is 3.57. The SMILES string of the molecule is Cc1ccc2[nH]ncc2c1-n1c(C)nc2c(N3CCN[C@@H](CC#N)C3)nc(OC[C@@H]3CCCN3C)nc2c1=O. The van der Waals surface area contributed by atoms with Gasteiger partial charge in [-0.05, 0) is 51.9 Å². The monoisotopic (exact) mass is 528 g/mol. The molecule has 1 aromatic carbocycles. The van der Waals surface area contributed by atoms with Gasteiger partial charge in [-0.1, -0.05) is 6.07 Å². The molecule has 12 heteroatoms. The van der Waals surface area contributed by atoms with Crippen LogP contribution in [0.2, 0.25) is 0 Å². The quantitative estimate of drug-likeness (QED) is 0.381. The van der Waals surface area contributed by atoms with E-state index in [0.717, 1.165) is 41.5 Å². The molecule has 0 radical (unpaired) electrons. The second kappa shape index (κ2) is 10.2. The van der Waals surface area contributed by atoms with Crippen LogP contribution in [0.5, 0.6) is 6.01 Å². The Hall–Kier alpha value is -4.08. The maximum Gasteiger partial charge on any atom is 0.319 e. The highest BCUT2D eigenvalue weighted by Gasteiger charge is 2.27. The lowest BCUT2D eigenvalue weighted by Crippen LogP contribution is -2.51. The highest BCUT2D eigenvalue weighted by Crippen LogP contribution is 2.28. The summed E-state index contributed by atoms with van der Waals surface area (Å²) in [6.45, 7) is 7.19. The summed E-state index contributed by atoms with van der Waals surface area (Å²) in [7, 11) is 2.09. The third-order valence-corrected chi connectivity index (χ3v) is 7.84. The van der Waals surface area contributed by atoms with E-state index in [4.69, 9.17) is 14.7 Å². The van der Waals surface area contributed by atoms with Crippen molar-refractivity contribution < 1.29 is 4.74 Å². The van der Waals surface area contributed by atoms with Crippen molar-refractivity contribution in [1.82, 2.24) is 39.9 Å². The number of aromatic amines is 1. The number of piperazine rings is 1. The number of likely N-dealkylation sites (N-methyl/N-ethyl adjacent to an activating group) is 1. The van der Waals surface area contributed by atoms with Crippen LogP contribution in [-0.4, -0.2) is 86.5 Å². The third-order valence-electron chi connectivity index (χ3n) is 7.84. The molecule has 12 nitrogen and oxygen atoms in total. The number of aryl methyl sites for hydroxylation is 2. The Morgan fingerprint density at radius 1 is 1.18 bits per heavy atom. The number of nitriles is 1. The molecule has 4 aromatic rings. The van der Waals surface area contributed by atoms with Gasteiger partial charge in [-0.25, -0.2) is 4.98 Å². The summed E-state index contributed by atoms with van der Waals surface area (Å²) >= 11 is 0. The molecule has 2 fully saturated rings. The van der Waals surface area contributed by atoms with Crippen molar-refractivity contribution >= 4 is 27.8 Å². The first kappa shape index (κ1) is 25.2. The molecule has 0 amide bonds. The van der Waals surface area contributed by atoms with Gasteiger partial charge in [0.05, 0.1) is 29.9 Å². The fourth-order valence-electron chi connectivity index (χ4n) is 5.72. The number of fused-ring (bicyclic) bond motifs is 2. The number of hydrogen-bond donors (Lipinski definition) is 2. The van der Waals surface area contributed by atoms with Crippen molar-refractivity contribution in [2.24, 2.45) is 0 Å². The van der Waals surface area contributed by atoms with Crippen molar-refractivity contribution in [3.8, 4) is 17.8 Å². The van der Waals surface area contributed by atoms with E-state index in [1.165, 1.54) is 0 Å². The van der Waals surface area contributed by atoms with Gasteiger partial charge in [0.15, 0.2) is 11.3 Å². The lowest BCUT2D eigenvalue weighted by Gasteiger charge is -2.34. The van der Waals surface area contributed by atoms with E-state index in [2.05, 4.69) is 43.4 Å². The Kier molecular flexibility index (Phi) is 6.62. The van der Waals surface area contributed by atoms with Crippen LogP contribution in [0, 0.1) is 25.2 Å². The maximum absolute atomic E-state index is 14.2. The topological polar surface area (TPSA) is 141 Å². The minimum atomic E-state index is -0.288. The summed E-state index contributed by atoms with van der Waals surface area (Å²) in [5, 5.41) is 20.6. The van der Waals surface area contributed by atoms with E-state index in [9.17, 15) is 10.1 Å². The molecule has 0 spiro atoms. The fourth-order valence-corrected chi connectivity index (χ4v) is 5.72. The van der Waals surface area contributed by atoms with Crippen LogP contribution in [0.3, 0.4) is 0 Å². The summed E-state index contributed by atoms with van der Waals surface area (Å²) in [5.74, 6) is 1.09. The molecule has 2 N–H and O–H groups in total. The van der Waals surface area contributed by atoms with E-state index in [-0.39, 0.29) is 29.2 Å². The molecule has 2 atom stereocenters. The number of aromatic nitrogens is 6. The molecular weight excluding hydrogens is 496 g/mol. The van der Waals surface area contributed by atoms with Crippen LogP contribution in [0.1, 0.15) is 30.7 Å². The van der Waals surface area contributed by atoms with Crippen LogP contribution in [0.25, 0.3) is 27.6 Å². The number of nitrogens with zero attached hydrogens (tertiary/aromatic N) is 8. The number of ether oxygens (including phenoxy) is 1.